The summed E-state index contributed by atoms with van der Waals surface area (Å²) in [5, 5.41) is 14.6. The van der Waals surface area contributed by atoms with Crippen molar-refractivity contribution in [3.05, 3.63) is 50.3 Å². The van der Waals surface area contributed by atoms with Crippen molar-refractivity contribution < 1.29 is 9.72 Å². The number of non-ortho nitro benzene ring substituents is 1. The molecule has 24 heavy (non-hydrogen) atoms. The monoisotopic (exact) mass is 330 g/mol. The summed E-state index contributed by atoms with van der Waals surface area (Å²) in [7, 11) is 1.85. The van der Waals surface area contributed by atoms with Crippen LogP contribution in [0.15, 0.2) is 29.1 Å². The van der Waals surface area contributed by atoms with Crippen LogP contribution in [-0.2, 0) is 0 Å². The van der Waals surface area contributed by atoms with E-state index in [1.807, 2.05) is 7.05 Å². The van der Waals surface area contributed by atoms with Crippen molar-refractivity contribution in [3.63, 3.8) is 0 Å². The van der Waals surface area contributed by atoms with Crippen molar-refractivity contribution in [1.82, 2.24) is 15.2 Å². The summed E-state index contributed by atoms with van der Waals surface area (Å²) in [6, 6.07) is 5.53. The third kappa shape index (κ3) is 3.00. The number of amides is 1. The summed E-state index contributed by atoms with van der Waals surface area (Å²) in [6.07, 6.45) is 1.86. The molecule has 1 amide bonds. The van der Waals surface area contributed by atoms with Crippen LogP contribution in [0.5, 0.6) is 0 Å². The average Bonchev–Trinajstić information content (AvgIpc) is 2.59. The predicted molar refractivity (Wildman–Crippen MR) is 89.2 cm³/mol. The maximum absolute atomic E-state index is 12.9. The third-order valence-electron chi connectivity index (χ3n) is 4.38. The van der Waals surface area contributed by atoms with Gasteiger partial charge in [0.1, 0.15) is 0 Å². The highest BCUT2D eigenvalue weighted by Crippen LogP contribution is 2.23. The molecule has 2 heterocycles. The number of piperidine rings is 1. The van der Waals surface area contributed by atoms with Gasteiger partial charge in [-0.3, -0.25) is 19.7 Å². The zero-order valence-corrected chi connectivity index (χ0v) is 13.2. The van der Waals surface area contributed by atoms with Gasteiger partial charge in [-0.15, -0.1) is 0 Å². The van der Waals surface area contributed by atoms with Gasteiger partial charge in [0, 0.05) is 48.2 Å². The van der Waals surface area contributed by atoms with Crippen molar-refractivity contribution in [2.24, 2.45) is 0 Å². The van der Waals surface area contributed by atoms with Crippen molar-refractivity contribution >= 4 is 22.5 Å². The van der Waals surface area contributed by atoms with Gasteiger partial charge >= 0.3 is 0 Å². The number of aromatic nitrogens is 1. The molecule has 8 nitrogen and oxygen atoms in total. The number of hydrogen-bond donors (Lipinski definition) is 2. The fraction of sp³-hybridized carbons (Fsp3) is 0.375. The Kier molecular flexibility index (Phi) is 4.30. The quantitative estimate of drug-likeness (QED) is 0.650. The van der Waals surface area contributed by atoms with Crippen molar-refractivity contribution in [1.29, 1.82) is 0 Å². The molecule has 0 bridgehead atoms. The molecule has 1 aromatic carbocycles. The minimum absolute atomic E-state index is 0.115. The highest BCUT2D eigenvalue weighted by Gasteiger charge is 2.25. The number of hydrogen-bond acceptors (Lipinski definition) is 5. The lowest BCUT2D eigenvalue weighted by Crippen LogP contribution is -2.47. The summed E-state index contributed by atoms with van der Waals surface area (Å²) in [6.45, 7) is 1.17. The molecule has 1 saturated heterocycles. The highest BCUT2D eigenvalue weighted by molar-refractivity contribution is 6.06. The highest BCUT2D eigenvalue weighted by atomic mass is 16.6. The first-order valence-corrected chi connectivity index (χ1v) is 7.77. The first-order chi connectivity index (χ1) is 11.5. The van der Waals surface area contributed by atoms with Gasteiger partial charge in [-0.2, -0.15) is 0 Å². The van der Waals surface area contributed by atoms with Crippen LogP contribution in [0.3, 0.4) is 0 Å². The molecule has 0 aliphatic carbocycles. The molecule has 0 radical (unpaired) electrons. The minimum atomic E-state index is -0.517. The number of nitrogens with zero attached hydrogens (tertiary/aromatic N) is 2. The lowest BCUT2D eigenvalue weighted by atomic mass is 10.0. The predicted octanol–water partition coefficient (Wildman–Crippen LogP) is 1.26. The second-order valence-electron chi connectivity index (χ2n) is 5.91. The van der Waals surface area contributed by atoms with Gasteiger partial charge < -0.3 is 15.2 Å². The number of aromatic amines is 1. The molecule has 1 aliphatic rings. The Balaban J connectivity index is 2.06. The normalized spacial score (nSPS) is 17.9. The SMILES string of the molecule is CNC1CCCN(C(=O)c2cc(=O)[nH]c3ccc([N+](=O)[O-])cc23)C1. The van der Waals surface area contributed by atoms with Crippen molar-refractivity contribution in [2.45, 2.75) is 18.9 Å². The Morgan fingerprint density at radius 1 is 1.42 bits per heavy atom. The fourth-order valence-electron chi connectivity index (χ4n) is 3.10. The van der Waals surface area contributed by atoms with E-state index in [1.54, 1.807) is 4.90 Å². The van der Waals surface area contributed by atoms with Gasteiger partial charge in [0.15, 0.2) is 0 Å². The van der Waals surface area contributed by atoms with Crippen LogP contribution in [0.2, 0.25) is 0 Å². The second-order valence-corrected chi connectivity index (χ2v) is 5.91. The Morgan fingerprint density at radius 2 is 2.21 bits per heavy atom. The summed E-state index contributed by atoms with van der Waals surface area (Å²) in [5.74, 6) is -0.272. The van der Waals surface area contributed by atoms with E-state index in [0.29, 0.717) is 24.0 Å². The lowest BCUT2D eigenvalue weighted by Gasteiger charge is -2.32. The third-order valence-corrected chi connectivity index (χ3v) is 4.38. The van der Waals surface area contributed by atoms with Crippen LogP contribution in [-0.4, -0.2) is 46.9 Å². The number of benzene rings is 1. The fourth-order valence-corrected chi connectivity index (χ4v) is 3.10. The van der Waals surface area contributed by atoms with Gasteiger partial charge in [-0.1, -0.05) is 0 Å². The molecule has 0 saturated carbocycles. The average molecular weight is 330 g/mol. The van der Waals surface area contributed by atoms with Gasteiger partial charge in [0.25, 0.3) is 11.6 Å². The number of fused-ring (bicyclic) bond motifs is 1. The van der Waals surface area contributed by atoms with E-state index in [0.717, 1.165) is 12.8 Å². The Labute approximate surface area is 137 Å². The molecular formula is C16H18N4O4. The van der Waals surface area contributed by atoms with Crippen LogP contribution in [0, 0.1) is 10.1 Å². The first-order valence-electron chi connectivity index (χ1n) is 7.77. The maximum Gasteiger partial charge on any atom is 0.270 e. The zero-order chi connectivity index (χ0) is 17.3. The largest absolute Gasteiger partial charge is 0.337 e. The number of nitro benzene ring substituents is 1. The summed E-state index contributed by atoms with van der Waals surface area (Å²) < 4.78 is 0. The van der Waals surface area contributed by atoms with Gasteiger partial charge in [0.05, 0.1) is 10.5 Å². The Hall–Kier alpha value is -2.74. The number of nitrogens with one attached hydrogen (secondary N) is 2. The molecule has 0 spiro atoms. The number of carbonyl (C=O) groups excluding carboxylic acids is 1. The van der Waals surface area contributed by atoms with E-state index in [9.17, 15) is 19.7 Å². The second kappa shape index (κ2) is 6.40. The summed E-state index contributed by atoms with van der Waals surface area (Å²) >= 11 is 0. The van der Waals surface area contributed by atoms with Crippen LogP contribution in [0.1, 0.15) is 23.2 Å². The molecule has 1 aliphatic heterocycles. The molecule has 1 fully saturated rings. The lowest BCUT2D eigenvalue weighted by molar-refractivity contribution is -0.384. The van der Waals surface area contributed by atoms with Gasteiger partial charge in [-0.25, -0.2) is 0 Å². The van der Waals surface area contributed by atoms with E-state index in [1.165, 1.54) is 24.3 Å². The van der Waals surface area contributed by atoms with Crippen molar-refractivity contribution in [2.75, 3.05) is 20.1 Å². The number of likely N-dealkylation sites (N-methyl/N-ethyl adjacent to an activating group) is 1. The Bertz CT molecular complexity index is 861. The molecule has 3 rings (SSSR count). The van der Waals surface area contributed by atoms with E-state index >= 15 is 0 Å². The minimum Gasteiger partial charge on any atom is -0.337 e. The van der Waals surface area contributed by atoms with E-state index in [2.05, 4.69) is 10.3 Å². The molecule has 2 N–H and O–H groups in total. The molecule has 8 heteroatoms. The number of likely N-dealkylation sites (tertiary alicyclic amines) is 1. The van der Waals surface area contributed by atoms with E-state index in [-0.39, 0.29) is 23.2 Å². The number of carbonyl (C=O) groups is 1. The molecule has 1 unspecified atom stereocenters. The number of nitro groups is 1. The van der Waals surface area contributed by atoms with E-state index in [4.69, 9.17) is 0 Å². The number of H-pyrrole nitrogens is 1. The Morgan fingerprint density at radius 3 is 2.92 bits per heavy atom. The topological polar surface area (TPSA) is 108 Å². The molecule has 2 aromatic rings. The maximum atomic E-state index is 12.9. The van der Waals surface area contributed by atoms with Crippen LogP contribution in [0.25, 0.3) is 10.9 Å². The number of pyridine rings is 1. The first kappa shape index (κ1) is 16.1. The summed E-state index contributed by atoms with van der Waals surface area (Å²) in [5.41, 5.74) is 0.102. The van der Waals surface area contributed by atoms with Gasteiger partial charge in [-0.05, 0) is 26.0 Å². The van der Waals surface area contributed by atoms with Crippen LogP contribution >= 0.6 is 0 Å². The summed E-state index contributed by atoms with van der Waals surface area (Å²) in [4.78, 5) is 39.5. The standard InChI is InChI=1S/C16H18N4O4/c1-17-10-3-2-6-19(9-10)16(22)13-8-15(21)18-14-5-4-11(20(23)24)7-12(13)14/h4-5,7-8,10,17H,2-3,6,9H2,1H3,(H,18,21). The molecule has 1 atom stereocenters. The van der Waals surface area contributed by atoms with Crippen LogP contribution in [0.4, 0.5) is 5.69 Å². The molecule has 126 valence electrons. The molecular weight excluding hydrogens is 312 g/mol. The van der Waals surface area contributed by atoms with E-state index < -0.39 is 10.5 Å². The van der Waals surface area contributed by atoms with Gasteiger partial charge in [0.2, 0.25) is 5.56 Å². The molecule has 1 aromatic heterocycles. The van der Waals surface area contributed by atoms with Crippen molar-refractivity contribution in [3.8, 4) is 0 Å². The zero-order valence-electron chi connectivity index (χ0n) is 13.2. The van der Waals surface area contributed by atoms with Crippen LogP contribution < -0.4 is 10.9 Å². The smallest absolute Gasteiger partial charge is 0.270 e. The number of rotatable bonds is 3.